The molecule has 0 unspecified atom stereocenters. The number of nitrogens with one attached hydrogen (secondary N) is 2. The highest BCUT2D eigenvalue weighted by molar-refractivity contribution is 5.83. The maximum Gasteiger partial charge on any atom is 0.0460 e. The lowest BCUT2D eigenvalue weighted by molar-refractivity contribution is 0.823. The number of hydrogen-bond donors (Lipinski definition) is 2. The van der Waals surface area contributed by atoms with Crippen molar-refractivity contribution in [2.24, 2.45) is 0 Å². The molecule has 1 aromatic heterocycles. The minimum absolute atomic E-state index is 0.922. The molecule has 2 rings (SSSR count). The van der Waals surface area contributed by atoms with Gasteiger partial charge in [0.15, 0.2) is 0 Å². The van der Waals surface area contributed by atoms with Crippen LogP contribution in [-0.2, 0) is 13.0 Å². The standard InChI is InChI=1S/C12H16N2/c1-3-9-4-5-11-10(7-13-2)8-14-12(11)6-9/h4-6,8,13-14H,3,7H2,1-2H3. The summed E-state index contributed by atoms with van der Waals surface area (Å²) in [6.07, 6.45) is 3.18. The van der Waals surface area contributed by atoms with Gasteiger partial charge in [-0.1, -0.05) is 19.1 Å². The number of fused-ring (bicyclic) bond motifs is 1. The molecule has 2 nitrogen and oxygen atoms in total. The van der Waals surface area contributed by atoms with Gasteiger partial charge in [0, 0.05) is 23.6 Å². The summed E-state index contributed by atoms with van der Waals surface area (Å²) in [6.45, 7) is 3.10. The van der Waals surface area contributed by atoms with Crippen LogP contribution < -0.4 is 5.32 Å². The second kappa shape index (κ2) is 3.84. The molecule has 0 bridgehead atoms. The Morgan fingerprint density at radius 3 is 2.93 bits per heavy atom. The molecule has 0 fully saturated rings. The maximum absolute atomic E-state index is 3.31. The number of rotatable bonds is 3. The molecule has 74 valence electrons. The normalized spacial score (nSPS) is 11.0. The average Bonchev–Trinajstić information content (AvgIpc) is 2.61. The first kappa shape index (κ1) is 9.28. The molecule has 2 aromatic rings. The minimum Gasteiger partial charge on any atom is -0.361 e. The largest absolute Gasteiger partial charge is 0.361 e. The molecule has 0 radical (unpaired) electrons. The smallest absolute Gasteiger partial charge is 0.0460 e. The van der Waals surface area contributed by atoms with Crippen molar-refractivity contribution in [2.75, 3.05) is 7.05 Å². The van der Waals surface area contributed by atoms with E-state index in [4.69, 9.17) is 0 Å². The second-order valence-electron chi connectivity index (χ2n) is 3.58. The highest BCUT2D eigenvalue weighted by atomic mass is 14.8. The topological polar surface area (TPSA) is 27.8 Å². The van der Waals surface area contributed by atoms with Crippen molar-refractivity contribution >= 4 is 10.9 Å². The van der Waals surface area contributed by atoms with Crippen LogP contribution >= 0.6 is 0 Å². The SMILES string of the molecule is CCc1ccc2c(CNC)c[nH]c2c1. The van der Waals surface area contributed by atoms with E-state index in [-0.39, 0.29) is 0 Å². The zero-order valence-electron chi connectivity index (χ0n) is 8.72. The molecule has 0 amide bonds. The van der Waals surface area contributed by atoms with Crippen LogP contribution in [0.25, 0.3) is 10.9 Å². The van der Waals surface area contributed by atoms with E-state index in [0.717, 1.165) is 13.0 Å². The van der Waals surface area contributed by atoms with E-state index < -0.39 is 0 Å². The molecule has 0 saturated heterocycles. The van der Waals surface area contributed by atoms with E-state index in [9.17, 15) is 0 Å². The third-order valence-corrected chi connectivity index (χ3v) is 2.61. The first-order valence-corrected chi connectivity index (χ1v) is 5.08. The van der Waals surface area contributed by atoms with Crippen molar-refractivity contribution in [3.63, 3.8) is 0 Å². The molecule has 0 saturated carbocycles. The summed E-state index contributed by atoms with van der Waals surface area (Å²) in [5.41, 5.74) is 3.97. The molecule has 1 aromatic carbocycles. The van der Waals surface area contributed by atoms with Crippen molar-refractivity contribution in [3.8, 4) is 0 Å². The van der Waals surface area contributed by atoms with Gasteiger partial charge in [0.25, 0.3) is 0 Å². The van der Waals surface area contributed by atoms with Gasteiger partial charge in [0.05, 0.1) is 0 Å². The molecular weight excluding hydrogens is 172 g/mol. The Kier molecular flexibility index (Phi) is 2.55. The Hall–Kier alpha value is -1.28. The van der Waals surface area contributed by atoms with Crippen molar-refractivity contribution in [1.82, 2.24) is 10.3 Å². The molecule has 2 N–H and O–H groups in total. The lowest BCUT2D eigenvalue weighted by Crippen LogP contribution is -2.03. The zero-order valence-corrected chi connectivity index (χ0v) is 8.72. The van der Waals surface area contributed by atoms with Gasteiger partial charge in [-0.15, -0.1) is 0 Å². The van der Waals surface area contributed by atoms with Crippen LogP contribution in [0.1, 0.15) is 18.1 Å². The lowest BCUT2D eigenvalue weighted by atomic mass is 10.1. The summed E-state index contributed by atoms with van der Waals surface area (Å²) >= 11 is 0. The average molecular weight is 188 g/mol. The fourth-order valence-corrected chi connectivity index (χ4v) is 1.79. The van der Waals surface area contributed by atoms with Crippen LogP contribution in [0.15, 0.2) is 24.4 Å². The molecule has 0 aliphatic carbocycles. The Morgan fingerprint density at radius 1 is 1.36 bits per heavy atom. The van der Waals surface area contributed by atoms with Crippen LogP contribution in [0.4, 0.5) is 0 Å². The first-order valence-electron chi connectivity index (χ1n) is 5.08. The van der Waals surface area contributed by atoms with E-state index in [2.05, 4.69) is 41.6 Å². The molecule has 0 aliphatic heterocycles. The summed E-state index contributed by atoms with van der Waals surface area (Å²) in [7, 11) is 1.97. The van der Waals surface area contributed by atoms with Crippen molar-refractivity contribution in [2.45, 2.75) is 19.9 Å². The van der Waals surface area contributed by atoms with Crippen molar-refractivity contribution < 1.29 is 0 Å². The van der Waals surface area contributed by atoms with Gasteiger partial charge in [-0.25, -0.2) is 0 Å². The molecule has 1 heterocycles. The van der Waals surface area contributed by atoms with Crippen molar-refractivity contribution in [1.29, 1.82) is 0 Å². The van der Waals surface area contributed by atoms with E-state index in [1.165, 1.54) is 22.0 Å². The van der Waals surface area contributed by atoms with Crippen LogP contribution in [-0.4, -0.2) is 12.0 Å². The maximum atomic E-state index is 3.31. The summed E-state index contributed by atoms with van der Waals surface area (Å²) in [5.74, 6) is 0. The van der Waals surface area contributed by atoms with Gasteiger partial charge in [0.1, 0.15) is 0 Å². The Balaban J connectivity index is 2.48. The van der Waals surface area contributed by atoms with Gasteiger partial charge < -0.3 is 10.3 Å². The van der Waals surface area contributed by atoms with Gasteiger partial charge in [-0.05, 0) is 30.7 Å². The predicted octanol–water partition coefficient (Wildman–Crippen LogP) is 2.45. The number of H-pyrrole nitrogens is 1. The monoisotopic (exact) mass is 188 g/mol. The van der Waals surface area contributed by atoms with Gasteiger partial charge in [0.2, 0.25) is 0 Å². The van der Waals surface area contributed by atoms with Crippen molar-refractivity contribution in [3.05, 3.63) is 35.5 Å². The van der Waals surface area contributed by atoms with Crippen LogP contribution in [0.3, 0.4) is 0 Å². The van der Waals surface area contributed by atoms with Gasteiger partial charge in [-0.2, -0.15) is 0 Å². The summed E-state index contributed by atoms with van der Waals surface area (Å²) < 4.78 is 0. The van der Waals surface area contributed by atoms with E-state index in [1.807, 2.05) is 7.05 Å². The third-order valence-electron chi connectivity index (χ3n) is 2.61. The Bertz CT molecular complexity index is 429. The molecule has 14 heavy (non-hydrogen) atoms. The third kappa shape index (κ3) is 1.53. The number of aromatic amines is 1. The Labute approximate surface area is 84.3 Å². The first-order chi connectivity index (χ1) is 6.85. The van der Waals surface area contributed by atoms with Crippen LogP contribution in [0.2, 0.25) is 0 Å². The number of hydrogen-bond acceptors (Lipinski definition) is 1. The lowest BCUT2D eigenvalue weighted by Gasteiger charge is -1.99. The van der Waals surface area contributed by atoms with Gasteiger partial charge >= 0.3 is 0 Å². The summed E-state index contributed by atoms with van der Waals surface area (Å²) in [5, 5.41) is 4.50. The van der Waals surface area contributed by atoms with Gasteiger partial charge in [-0.3, -0.25) is 0 Å². The molecule has 0 atom stereocenters. The summed E-state index contributed by atoms with van der Waals surface area (Å²) in [4.78, 5) is 3.31. The van der Waals surface area contributed by atoms with Crippen LogP contribution in [0, 0.1) is 0 Å². The number of aromatic nitrogens is 1. The fourth-order valence-electron chi connectivity index (χ4n) is 1.79. The van der Waals surface area contributed by atoms with E-state index in [0.29, 0.717) is 0 Å². The molecule has 2 heteroatoms. The second-order valence-corrected chi connectivity index (χ2v) is 3.58. The highest BCUT2D eigenvalue weighted by Gasteiger charge is 2.02. The molecular formula is C12H16N2. The number of aryl methyl sites for hydroxylation is 1. The minimum atomic E-state index is 0.922. The van der Waals surface area contributed by atoms with E-state index in [1.54, 1.807) is 0 Å². The van der Waals surface area contributed by atoms with Crippen LogP contribution in [0.5, 0.6) is 0 Å². The highest BCUT2D eigenvalue weighted by Crippen LogP contribution is 2.19. The zero-order chi connectivity index (χ0) is 9.97. The molecule has 0 spiro atoms. The van der Waals surface area contributed by atoms with E-state index >= 15 is 0 Å². The predicted molar refractivity (Wildman–Crippen MR) is 60.4 cm³/mol. The Morgan fingerprint density at radius 2 is 2.21 bits per heavy atom. The fraction of sp³-hybridized carbons (Fsp3) is 0.333. The quantitative estimate of drug-likeness (QED) is 0.760. The summed E-state index contributed by atoms with van der Waals surface area (Å²) in [6, 6.07) is 6.64. The number of benzene rings is 1. The molecule has 0 aliphatic rings.